The van der Waals surface area contributed by atoms with Crippen LogP contribution in [0.1, 0.15) is 0 Å². The number of ether oxygens (including phenoxy) is 1. The fourth-order valence-electron chi connectivity index (χ4n) is 2.05. The smallest absolute Gasteiger partial charge is 0.154 e. The van der Waals surface area contributed by atoms with Crippen LogP contribution in [0, 0.1) is 0 Å². The van der Waals surface area contributed by atoms with Crippen LogP contribution >= 0.6 is 0 Å². The lowest BCUT2D eigenvalue weighted by molar-refractivity contribution is 0.210. The summed E-state index contributed by atoms with van der Waals surface area (Å²) < 4.78 is 6.87. The number of methoxy groups -OCH3 is 1. The molecule has 0 spiro atoms. The third-order valence-corrected chi connectivity index (χ3v) is 3.04. The van der Waals surface area contributed by atoms with Crippen molar-refractivity contribution >= 4 is 11.5 Å². The average molecular weight is 268 g/mol. The summed E-state index contributed by atoms with van der Waals surface area (Å²) in [6, 6.07) is 14.0. The van der Waals surface area contributed by atoms with Crippen molar-refractivity contribution < 1.29 is 4.74 Å². The Labute approximate surface area is 117 Å². The molecular weight excluding hydrogens is 252 g/mol. The lowest BCUT2D eigenvalue weighted by atomic mass is 10.2. The Balaban J connectivity index is 1.96. The Bertz CT molecular complexity index is 693. The highest BCUT2D eigenvalue weighted by Gasteiger charge is 2.07. The number of rotatable bonds is 5. The largest absolute Gasteiger partial charge is 0.383 e. The van der Waals surface area contributed by atoms with Crippen LogP contribution in [0.3, 0.4) is 0 Å². The first-order chi connectivity index (χ1) is 9.88. The Morgan fingerprint density at radius 1 is 1.15 bits per heavy atom. The lowest BCUT2D eigenvalue weighted by Gasteiger charge is -2.06. The molecule has 0 atom stereocenters. The zero-order chi connectivity index (χ0) is 13.8. The summed E-state index contributed by atoms with van der Waals surface area (Å²) in [5.41, 5.74) is 2.92. The van der Waals surface area contributed by atoms with Crippen molar-refractivity contribution in [3.05, 3.63) is 48.7 Å². The minimum Gasteiger partial charge on any atom is -0.383 e. The van der Waals surface area contributed by atoms with E-state index in [9.17, 15) is 0 Å². The van der Waals surface area contributed by atoms with E-state index in [4.69, 9.17) is 4.74 Å². The van der Waals surface area contributed by atoms with Gasteiger partial charge in [0.05, 0.1) is 18.5 Å². The van der Waals surface area contributed by atoms with E-state index in [1.165, 1.54) is 0 Å². The normalized spacial score (nSPS) is 10.8. The van der Waals surface area contributed by atoms with Crippen LogP contribution in [0.25, 0.3) is 16.9 Å². The molecule has 102 valence electrons. The molecule has 0 saturated heterocycles. The number of hydrogen-bond acceptors (Lipinski definition) is 4. The van der Waals surface area contributed by atoms with Crippen LogP contribution in [-0.2, 0) is 4.74 Å². The quantitative estimate of drug-likeness (QED) is 0.722. The Morgan fingerprint density at radius 3 is 2.80 bits per heavy atom. The van der Waals surface area contributed by atoms with Gasteiger partial charge in [-0.1, -0.05) is 30.3 Å². The van der Waals surface area contributed by atoms with Crippen LogP contribution in [0.5, 0.6) is 0 Å². The summed E-state index contributed by atoms with van der Waals surface area (Å²) in [6.45, 7) is 1.37. The van der Waals surface area contributed by atoms with Gasteiger partial charge in [0.1, 0.15) is 5.82 Å². The maximum absolute atomic E-state index is 5.02. The first-order valence-corrected chi connectivity index (χ1v) is 6.51. The number of hydrogen-bond donors (Lipinski definition) is 1. The molecule has 1 aromatic carbocycles. The second-order valence-corrected chi connectivity index (χ2v) is 4.42. The van der Waals surface area contributed by atoms with Crippen LogP contribution in [0.2, 0.25) is 0 Å². The van der Waals surface area contributed by atoms with Gasteiger partial charge in [-0.15, -0.1) is 5.10 Å². The van der Waals surface area contributed by atoms with Gasteiger partial charge in [0.15, 0.2) is 5.65 Å². The van der Waals surface area contributed by atoms with Crippen molar-refractivity contribution in [3.8, 4) is 11.3 Å². The lowest BCUT2D eigenvalue weighted by Crippen LogP contribution is -2.10. The summed E-state index contributed by atoms with van der Waals surface area (Å²) in [5, 5.41) is 7.79. The number of nitrogens with one attached hydrogen (secondary N) is 1. The van der Waals surface area contributed by atoms with Crippen LogP contribution < -0.4 is 5.32 Å². The second-order valence-electron chi connectivity index (χ2n) is 4.42. The topological polar surface area (TPSA) is 51.5 Å². The van der Waals surface area contributed by atoms with Gasteiger partial charge in [0.25, 0.3) is 0 Å². The van der Waals surface area contributed by atoms with Gasteiger partial charge in [-0.3, -0.25) is 0 Å². The zero-order valence-corrected chi connectivity index (χ0v) is 11.3. The minimum absolute atomic E-state index is 0.648. The summed E-state index contributed by atoms with van der Waals surface area (Å²) in [6.07, 6.45) is 1.84. The number of anilines is 1. The first kappa shape index (κ1) is 12.6. The molecule has 5 heteroatoms. The van der Waals surface area contributed by atoms with Gasteiger partial charge in [0.2, 0.25) is 0 Å². The van der Waals surface area contributed by atoms with Crippen molar-refractivity contribution in [2.75, 3.05) is 25.6 Å². The number of benzene rings is 1. The van der Waals surface area contributed by atoms with Gasteiger partial charge in [-0.05, 0) is 12.1 Å². The van der Waals surface area contributed by atoms with Crippen molar-refractivity contribution in [1.82, 2.24) is 14.6 Å². The molecular formula is C15H16N4O. The fourth-order valence-corrected chi connectivity index (χ4v) is 2.05. The zero-order valence-electron chi connectivity index (χ0n) is 11.3. The molecule has 0 bridgehead atoms. The van der Waals surface area contributed by atoms with Crippen molar-refractivity contribution in [2.24, 2.45) is 0 Å². The monoisotopic (exact) mass is 268 g/mol. The van der Waals surface area contributed by atoms with E-state index in [0.29, 0.717) is 6.61 Å². The van der Waals surface area contributed by atoms with Gasteiger partial charge in [-0.2, -0.15) is 0 Å². The molecule has 5 nitrogen and oxygen atoms in total. The second kappa shape index (κ2) is 5.71. The molecule has 2 heterocycles. The molecule has 0 amide bonds. The Kier molecular flexibility index (Phi) is 3.60. The van der Waals surface area contributed by atoms with Gasteiger partial charge < -0.3 is 10.1 Å². The molecule has 3 aromatic rings. The van der Waals surface area contributed by atoms with Crippen LogP contribution in [-0.4, -0.2) is 34.9 Å². The molecule has 3 rings (SSSR count). The van der Waals surface area contributed by atoms with Crippen molar-refractivity contribution in [1.29, 1.82) is 0 Å². The summed E-state index contributed by atoms with van der Waals surface area (Å²) >= 11 is 0. The van der Waals surface area contributed by atoms with E-state index in [0.717, 1.165) is 29.3 Å². The summed E-state index contributed by atoms with van der Waals surface area (Å²) in [5.74, 6) is 0.810. The molecule has 2 aromatic heterocycles. The van der Waals surface area contributed by atoms with E-state index in [1.807, 2.05) is 41.0 Å². The molecule has 1 N–H and O–H groups in total. The van der Waals surface area contributed by atoms with E-state index >= 15 is 0 Å². The minimum atomic E-state index is 0.648. The standard InChI is InChI=1S/C15H16N4O/c1-20-10-9-16-14-7-8-15-17-11-13(19(15)18-14)12-5-3-2-4-6-12/h2-8,11H,9-10H2,1H3,(H,16,18). The summed E-state index contributed by atoms with van der Waals surface area (Å²) in [7, 11) is 1.68. The number of imidazole rings is 1. The molecule has 0 aliphatic rings. The SMILES string of the molecule is COCCNc1ccc2ncc(-c3ccccc3)n2n1. The van der Waals surface area contributed by atoms with Gasteiger partial charge in [0, 0.05) is 19.2 Å². The number of aromatic nitrogens is 3. The maximum atomic E-state index is 5.02. The number of fused-ring (bicyclic) bond motifs is 1. The molecule has 0 aliphatic heterocycles. The Morgan fingerprint density at radius 2 is 2.00 bits per heavy atom. The van der Waals surface area contributed by atoms with E-state index < -0.39 is 0 Å². The fraction of sp³-hybridized carbons (Fsp3) is 0.200. The Hall–Kier alpha value is -2.40. The van der Waals surface area contributed by atoms with Gasteiger partial charge >= 0.3 is 0 Å². The highest BCUT2D eigenvalue weighted by atomic mass is 16.5. The highest BCUT2D eigenvalue weighted by molar-refractivity contribution is 5.63. The van der Waals surface area contributed by atoms with E-state index in [1.54, 1.807) is 7.11 Å². The van der Waals surface area contributed by atoms with E-state index in [2.05, 4.69) is 27.5 Å². The molecule has 0 fully saturated rings. The maximum Gasteiger partial charge on any atom is 0.154 e. The molecule has 0 aliphatic carbocycles. The van der Waals surface area contributed by atoms with Gasteiger partial charge in [-0.25, -0.2) is 9.50 Å². The molecule has 20 heavy (non-hydrogen) atoms. The predicted molar refractivity (Wildman–Crippen MR) is 78.8 cm³/mol. The van der Waals surface area contributed by atoms with E-state index in [-0.39, 0.29) is 0 Å². The predicted octanol–water partition coefficient (Wildman–Crippen LogP) is 2.45. The molecule has 0 radical (unpaired) electrons. The first-order valence-electron chi connectivity index (χ1n) is 6.51. The third kappa shape index (κ3) is 2.48. The van der Waals surface area contributed by atoms with Crippen molar-refractivity contribution in [2.45, 2.75) is 0 Å². The average Bonchev–Trinajstić information content (AvgIpc) is 2.91. The highest BCUT2D eigenvalue weighted by Crippen LogP contribution is 2.20. The van der Waals surface area contributed by atoms with Crippen LogP contribution in [0.15, 0.2) is 48.7 Å². The van der Waals surface area contributed by atoms with Crippen LogP contribution in [0.4, 0.5) is 5.82 Å². The molecule has 0 unspecified atom stereocenters. The summed E-state index contributed by atoms with van der Waals surface area (Å²) in [4.78, 5) is 4.38. The number of nitrogens with zero attached hydrogens (tertiary/aromatic N) is 3. The third-order valence-electron chi connectivity index (χ3n) is 3.04. The van der Waals surface area contributed by atoms with Crippen molar-refractivity contribution in [3.63, 3.8) is 0 Å². The molecule has 0 saturated carbocycles.